The molecule has 0 fully saturated rings. The van der Waals surface area contributed by atoms with E-state index in [1.165, 1.54) is 0 Å². The highest BCUT2D eigenvalue weighted by Crippen LogP contribution is 2.13. The number of ketones is 1. The first-order valence-electron chi connectivity index (χ1n) is 7.23. The van der Waals surface area contributed by atoms with Crippen molar-refractivity contribution in [3.63, 3.8) is 0 Å². The van der Waals surface area contributed by atoms with Gasteiger partial charge in [-0.2, -0.15) is 0 Å². The van der Waals surface area contributed by atoms with Crippen LogP contribution in [0.3, 0.4) is 0 Å². The molecule has 0 aliphatic rings. The third kappa shape index (κ3) is 4.02. The monoisotopic (exact) mass is 285 g/mol. The van der Waals surface area contributed by atoms with E-state index in [4.69, 9.17) is 0 Å². The maximum Gasteiger partial charge on any atom is 0.161 e. The number of carbonyl (C=O) groups excluding carboxylic acids is 1. The molecule has 0 aliphatic carbocycles. The zero-order chi connectivity index (χ0) is 15.4. The highest BCUT2D eigenvalue weighted by Gasteiger charge is 2.14. The van der Waals surface area contributed by atoms with Crippen molar-refractivity contribution in [2.45, 2.75) is 32.9 Å². The predicted molar refractivity (Wildman–Crippen MR) is 84.3 cm³/mol. The molecule has 0 saturated heterocycles. The molecule has 0 N–H and O–H groups in total. The lowest BCUT2D eigenvalue weighted by molar-refractivity contribution is 0.101. The van der Waals surface area contributed by atoms with Gasteiger partial charge < -0.3 is 4.57 Å². The van der Waals surface area contributed by atoms with Crippen LogP contribution in [-0.4, -0.2) is 33.3 Å². The summed E-state index contributed by atoms with van der Waals surface area (Å²) in [4.78, 5) is 18.1. The summed E-state index contributed by atoms with van der Waals surface area (Å²) in [5.74, 6) is 0.112. The number of hydrogen-bond donors (Lipinski definition) is 0. The van der Waals surface area contributed by atoms with Gasteiger partial charge in [0.25, 0.3) is 0 Å². The summed E-state index contributed by atoms with van der Waals surface area (Å²) in [6.07, 6.45) is 4.65. The Bertz CT molecular complexity index is 604. The van der Waals surface area contributed by atoms with Gasteiger partial charge in [0.2, 0.25) is 0 Å². The molecule has 21 heavy (non-hydrogen) atoms. The average Bonchev–Trinajstić information content (AvgIpc) is 2.81. The molecule has 0 radical (unpaired) electrons. The van der Waals surface area contributed by atoms with E-state index in [1.54, 1.807) is 6.92 Å². The summed E-state index contributed by atoms with van der Waals surface area (Å²) in [6, 6.07) is 8.37. The number of aryl methyl sites for hydroxylation is 1. The smallest absolute Gasteiger partial charge is 0.161 e. The number of rotatable bonds is 6. The van der Waals surface area contributed by atoms with Crippen LogP contribution in [-0.2, 0) is 20.0 Å². The van der Waals surface area contributed by atoms with Crippen LogP contribution in [0.5, 0.6) is 0 Å². The maximum atomic E-state index is 11.4. The van der Waals surface area contributed by atoms with Gasteiger partial charge in [-0.15, -0.1) is 0 Å². The molecule has 1 unspecified atom stereocenters. The Labute approximate surface area is 126 Å². The van der Waals surface area contributed by atoms with E-state index in [1.807, 2.05) is 42.2 Å². The molecule has 2 heterocycles. The lowest BCUT2D eigenvalue weighted by Crippen LogP contribution is -2.31. The second kappa shape index (κ2) is 6.68. The Balaban J connectivity index is 2.00. The minimum absolute atomic E-state index is 0.112. The van der Waals surface area contributed by atoms with Gasteiger partial charge in [0.15, 0.2) is 5.78 Å². The zero-order valence-electron chi connectivity index (χ0n) is 13.2. The SMILES string of the molecule is CC(=O)c1cc(CN(C)C(C)Cc2ccccn2)n(C)c1. The minimum atomic E-state index is 0.112. The number of aromatic nitrogens is 2. The van der Waals surface area contributed by atoms with Gasteiger partial charge in [-0.3, -0.25) is 14.7 Å². The fourth-order valence-electron chi connectivity index (χ4n) is 2.35. The van der Waals surface area contributed by atoms with Crippen LogP contribution < -0.4 is 0 Å². The first-order chi connectivity index (χ1) is 9.97. The van der Waals surface area contributed by atoms with Crippen molar-refractivity contribution in [3.8, 4) is 0 Å². The first-order valence-corrected chi connectivity index (χ1v) is 7.23. The molecule has 4 heteroatoms. The number of likely N-dealkylation sites (N-methyl/N-ethyl adjacent to an activating group) is 1. The third-order valence-corrected chi connectivity index (χ3v) is 3.91. The van der Waals surface area contributed by atoms with Crippen LogP contribution in [0.15, 0.2) is 36.7 Å². The maximum absolute atomic E-state index is 11.4. The van der Waals surface area contributed by atoms with Crippen LogP contribution in [0.1, 0.15) is 35.6 Å². The summed E-state index contributed by atoms with van der Waals surface area (Å²) in [5.41, 5.74) is 3.03. The molecule has 2 aromatic heterocycles. The molecule has 4 nitrogen and oxygen atoms in total. The number of nitrogens with zero attached hydrogens (tertiary/aromatic N) is 3. The molecule has 2 aromatic rings. The van der Waals surface area contributed by atoms with Gasteiger partial charge in [-0.25, -0.2) is 0 Å². The van der Waals surface area contributed by atoms with Crippen LogP contribution in [0.25, 0.3) is 0 Å². The Hall–Kier alpha value is -1.94. The van der Waals surface area contributed by atoms with Crippen molar-refractivity contribution in [2.24, 2.45) is 7.05 Å². The topological polar surface area (TPSA) is 38.1 Å². The standard InChI is InChI=1S/C17H23N3O/c1-13(9-16-7-5-6-8-18-16)19(3)12-17-10-15(14(2)21)11-20(17)4/h5-8,10-11,13H,9,12H2,1-4H3. The van der Waals surface area contributed by atoms with Crippen LogP contribution in [0.4, 0.5) is 0 Å². The fraction of sp³-hybridized carbons (Fsp3) is 0.412. The van der Waals surface area contributed by atoms with E-state index in [2.05, 4.69) is 29.9 Å². The van der Waals surface area contributed by atoms with E-state index in [-0.39, 0.29) is 5.78 Å². The molecule has 1 atom stereocenters. The van der Waals surface area contributed by atoms with E-state index >= 15 is 0 Å². The second-order valence-electron chi connectivity index (χ2n) is 5.68. The molecule has 0 aromatic carbocycles. The number of pyridine rings is 1. The normalized spacial score (nSPS) is 12.6. The molecular formula is C17H23N3O. The molecule has 2 rings (SSSR count). The van der Waals surface area contributed by atoms with Gasteiger partial charge in [0.1, 0.15) is 0 Å². The van der Waals surface area contributed by atoms with E-state index in [0.29, 0.717) is 6.04 Å². The van der Waals surface area contributed by atoms with Crippen LogP contribution in [0.2, 0.25) is 0 Å². The molecule has 112 valence electrons. The van der Waals surface area contributed by atoms with E-state index in [9.17, 15) is 4.79 Å². The summed E-state index contributed by atoms with van der Waals surface area (Å²) in [6.45, 7) is 4.62. The highest BCUT2D eigenvalue weighted by molar-refractivity contribution is 5.94. The highest BCUT2D eigenvalue weighted by atomic mass is 16.1. The van der Waals surface area contributed by atoms with Gasteiger partial charge in [-0.1, -0.05) is 6.07 Å². The molecule has 0 saturated carbocycles. The Kier molecular flexibility index (Phi) is 4.91. The van der Waals surface area contributed by atoms with Crippen molar-refractivity contribution in [3.05, 3.63) is 53.6 Å². The zero-order valence-corrected chi connectivity index (χ0v) is 13.2. The molecule has 0 aliphatic heterocycles. The lowest BCUT2D eigenvalue weighted by atomic mass is 10.1. The Morgan fingerprint density at radius 3 is 2.76 bits per heavy atom. The van der Waals surface area contributed by atoms with E-state index < -0.39 is 0 Å². The number of hydrogen-bond acceptors (Lipinski definition) is 3. The fourth-order valence-corrected chi connectivity index (χ4v) is 2.35. The Morgan fingerprint density at radius 2 is 2.19 bits per heavy atom. The van der Waals surface area contributed by atoms with Crippen LogP contribution in [0, 0.1) is 0 Å². The quantitative estimate of drug-likeness (QED) is 0.766. The second-order valence-corrected chi connectivity index (χ2v) is 5.68. The van der Waals surface area contributed by atoms with Crippen molar-refractivity contribution in [1.82, 2.24) is 14.5 Å². The summed E-state index contributed by atoms with van der Waals surface area (Å²) >= 11 is 0. The molecule has 0 amide bonds. The van der Waals surface area contributed by atoms with Crippen molar-refractivity contribution in [2.75, 3.05) is 7.05 Å². The molecule has 0 spiro atoms. The largest absolute Gasteiger partial charge is 0.353 e. The van der Waals surface area contributed by atoms with Crippen molar-refractivity contribution in [1.29, 1.82) is 0 Å². The molecule has 0 bridgehead atoms. The lowest BCUT2D eigenvalue weighted by Gasteiger charge is -2.24. The van der Waals surface area contributed by atoms with Crippen molar-refractivity contribution < 1.29 is 4.79 Å². The Morgan fingerprint density at radius 1 is 1.43 bits per heavy atom. The van der Waals surface area contributed by atoms with Crippen LogP contribution >= 0.6 is 0 Å². The van der Waals surface area contributed by atoms with Gasteiger partial charge in [0, 0.05) is 55.4 Å². The van der Waals surface area contributed by atoms with Gasteiger partial charge in [0.05, 0.1) is 0 Å². The van der Waals surface area contributed by atoms with Gasteiger partial charge in [-0.05, 0) is 39.1 Å². The number of Topliss-reactive ketones (excluding diaryl/α,β-unsaturated/α-hetero) is 1. The predicted octanol–water partition coefficient (Wildman–Crippen LogP) is 2.69. The minimum Gasteiger partial charge on any atom is -0.353 e. The summed E-state index contributed by atoms with van der Waals surface area (Å²) in [7, 11) is 4.09. The average molecular weight is 285 g/mol. The summed E-state index contributed by atoms with van der Waals surface area (Å²) in [5, 5.41) is 0. The number of carbonyl (C=O) groups is 1. The van der Waals surface area contributed by atoms with Crippen molar-refractivity contribution >= 4 is 5.78 Å². The van der Waals surface area contributed by atoms with E-state index in [0.717, 1.165) is 29.9 Å². The molecular weight excluding hydrogens is 262 g/mol. The van der Waals surface area contributed by atoms with Gasteiger partial charge >= 0.3 is 0 Å². The third-order valence-electron chi connectivity index (χ3n) is 3.91. The summed E-state index contributed by atoms with van der Waals surface area (Å²) < 4.78 is 2.03. The first kappa shape index (κ1) is 15.4.